The predicted molar refractivity (Wildman–Crippen MR) is 91.9 cm³/mol. The van der Waals surface area contributed by atoms with E-state index in [0.29, 0.717) is 18.4 Å². The van der Waals surface area contributed by atoms with Crippen LogP contribution in [0.15, 0.2) is 30.3 Å². The van der Waals surface area contributed by atoms with Crippen molar-refractivity contribution in [1.82, 2.24) is 5.32 Å². The zero-order chi connectivity index (χ0) is 18.7. The average molecular weight is 347 g/mol. The summed E-state index contributed by atoms with van der Waals surface area (Å²) in [6.07, 6.45) is 0.513. The summed E-state index contributed by atoms with van der Waals surface area (Å²) in [4.78, 5) is 37.6. The molecule has 2 atom stereocenters. The van der Waals surface area contributed by atoms with Crippen molar-refractivity contribution in [1.29, 1.82) is 0 Å². The van der Waals surface area contributed by atoms with E-state index in [-0.39, 0.29) is 12.2 Å². The molecule has 1 aromatic carbocycles. The quantitative estimate of drug-likeness (QED) is 0.668. The maximum Gasteiger partial charge on any atom is 0.408 e. The van der Waals surface area contributed by atoms with E-state index in [1.807, 2.05) is 6.07 Å². The SMILES string of the molecule is COC(=O)[C@@]1([C@H](NC(=O)OC(C)(C)C)c2ccccc2)CCCC1=O. The van der Waals surface area contributed by atoms with Crippen molar-refractivity contribution in [3.63, 3.8) is 0 Å². The van der Waals surface area contributed by atoms with E-state index in [2.05, 4.69) is 5.32 Å². The van der Waals surface area contributed by atoms with Crippen molar-refractivity contribution in [2.45, 2.75) is 51.7 Å². The van der Waals surface area contributed by atoms with Gasteiger partial charge in [0.25, 0.3) is 0 Å². The second-order valence-electron chi connectivity index (χ2n) is 7.23. The zero-order valence-electron chi connectivity index (χ0n) is 15.1. The molecule has 0 heterocycles. The predicted octanol–water partition coefficient (Wildman–Crippen LogP) is 3.16. The fourth-order valence-corrected chi connectivity index (χ4v) is 3.27. The van der Waals surface area contributed by atoms with Gasteiger partial charge in [-0.15, -0.1) is 0 Å². The van der Waals surface area contributed by atoms with Crippen LogP contribution in [-0.4, -0.2) is 30.6 Å². The van der Waals surface area contributed by atoms with Crippen LogP contribution < -0.4 is 5.32 Å². The summed E-state index contributed by atoms with van der Waals surface area (Å²) < 4.78 is 10.3. The zero-order valence-corrected chi connectivity index (χ0v) is 15.1. The Balaban J connectivity index is 2.45. The lowest BCUT2D eigenvalue weighted by molar-refractivity contribution is -0.158. The van der Waals surface area contributed by atoms with Gasteiger partial charge in [-0.1, -0.05) is 30.3 Å². The Morgan fingerprint density at radius 1 is 1.20 bits per heavy atom. The van der Waals surface area contributed by atoms with Gasteiger partial charge in [0.2, 0.25) is 0 Å². The number of ketones is 1. The van der Waals surface area contributed by atoms with Crippen LogP contribution in [-0.2, 0) is 19.1 Å². The summed E-state index contributed by atoms with van der Waals surface area (Å²) in [6, 6.07) is 8.13. The summed E-state index contributed by atoms with van der Waals surface area (Å²) in [6.45, 7) is 5.25. The van der Waals surface area contributed by atoms with E-state index in [1.165, 1.54) is 7.11 Å². The van der Waals surface area contributed by atoms with Gasteiger partial charge in [0.05, 0.1) is 13.2 Å². The van der Waals surface area contributed by atoms with Crippen LogP contribution in [0.5, 0.6) is 0 Å². The van der Waals surface area contributed by atoms with Gasteiger partial charge in [0, 0.05) is 6.42 Å². The molecule has 6 heteroatoms. The molecule has 2 rings (SSSR count). The molecular formula is C19H25NO5. The molecule has 1 N–H and O–H groups in total. The maximum atomic E-state index is 12.7. The van der Waals surface area contributed by atoms with Crippen molar-refractivity contribution in [3.05, 3.63) is 35.9 Å². The third-order valence-corrected chi connectivity index (χ3v) is 4.31. The molecule has 0 unspecified atom stereocenters. The Morgan fingerprint density at radius 2 is 1.84 bits per heavy atom. The number of rotatable bonds is 4. The Bertz CT molecular complexity index is 650. The number of benzene rings is 1. The second kappa shape index (κ2) is 7.25. The Labute approximate surface area is 147 Å². The van der Waals surface area contributed by atoms with Crippen LogP contribution in [0.1, 0.15) is 51.6 Å². The van der Waals surface area contributed by atoms with E-state index >= 15 is 0 Å². The van der Waals surface area contributed by atoms with Crippen LogP contribution in [0.25, 0.3) is 0 Å². The molecule has 0 aromatic heterocycles. The highest BCUT2D eigenvalue weighted by Crippen LogP contribution is 2.46. The first-order chi connectivity index (χ1) is 11.7. The largest absolute Gasteiger partial charge is 0.468 e. The smallest absolute Gasteiger partial charge is 0.408 e. The fraction of sp³-hybridized carbons (Fsp3) is 0.526. The molecule has 1 saturated carbocycles. The van der Waals surface area contributed by atoms with Crippen molar-refractivity contribution in [3.8, 4) is 0 Å². The molecule has 25 heavy (non-hydrogen) atoms. The summed E-state index contributed by atoms with van der Waals surface area (Å²) in [5, 5.41) is 2.74. The van der Waals surface area contributed by atoms with E-state index < -0.39 is 29.1 Å². The Hall–Kier alpha value is -2.37. The molecule has 1 aliphatic carbocycles. The number of Topliss-reactive ketones (excluding diaryl/α,β-unsaturated/α-hetero) is 1. The lowest BCUT2D eigenvalue weighted by Gasteiger charge is -2.34. The summed E-state index contributed by atoms with van der Waals surface area (Å²) in [7, 11) is 1.26. The standard InChI is InChI=1S/C19H25NO5/c1-18(2,3)25-17(23)20-15(13-9-6-5-7-10-13)19(16(22)24-4)12-8-11-14(19)21/h5-7,9-10,15H,8,11-12H2,1-4H3,(H,20,23)/t15-,19+/m1/s1. The van der Waals surface area contributed by atoms with Crippen LogP contribution >= 0.6 is 0 Å². The van der Waals surface area contributed by atoms with E-state index in [4.69, 9.17) is 9.47 Å². The number of hydrogen-bond donors (Lipinski definition) is 1. The third kappa shape index (κ3) is 4.00. The molecule has 136 valence electrons. The second-order valence-corrected chi connectivity index (χ2v) is 7.23. The van der Waals surface area contributed by atoms with Gasteiger partial charge in [-0.3, -0.25) is 9.59 Å². The highest BCUT2D eigenvalue weighted by atomic mass is 16.6. The number of amides is 1. The van der Waals surface area contributed by atoms with Gasteiger partial charge in [0.1, 0.15) is 5.60 Å². The highest BCUT2D eigenvalue weighted by molar-refractivity contribution is 6.06. The van der Waals surface area contributed by atoms with Crippen molar-refractivity contribution in [2.75, 3.05) is 7.11 Å². The molecule has 1 aliphatic rings. The first-order valence-electron chi connectivity index (χ1n) is 8.37. The van der Waals surface area contributed by atoms with E-state index in [9.17, 15) is 14.4 Å². The summed E-state index contributed by atoms with van der Waals surface area (Å²) >= 11 is 0. The van der Waals surface area contributed by atoms with Crippen molar-refractivity contribution < 1.29 is 23.9 Å². The molecular weight excluding hydrogens is 322 g/mol. The lowest BCUT2D eigenvalue weighted by atomic mass is 9.74. The number of carbonyl (C=O) groups is 3. The van der Waals surface area contributed by atoms with Gasteiger partial charge in [0.15, 0.2) is 11.2 Å². The van der Waals surface area contributed by atoms with E-state index in [0.717, 1.165) is 0 Å². The van der Waals surface area contributed by atoms with Gasteiger partial charge in [-0.25, -0.2) is 4.79 Å². The number of carbonyl (C=O) groups excluding carboxylic acids is 3. The molecule has 1 amide bonds. The van der Waals surface area contributed by atoms with Crippen LogP contribution in [0.2, 0.25) is 0 Å². The number of esters is 1. The number of hydrogen-bond acceptors (Lipinski definition) is 5. The average Bonchev–Trinajstić information content (AvgIpc) is 2.93. The number of methoxy groups -OCH3 is 1. The topological polar surface area (TPSA) is 81.7 Å². The molecule has 1 fully saturated rings. The molecule has 1 aromatic rings. The summed E-state index contributed by atoms with van der Waals surface area (Å²) in [5.74, 6) is -0.843. The minimum atomic E-state index is -1.42. The minimum Gasteiger partial charge on any atom is -0.468 e. The van der Waals surface area contributed by atoms with Gasteiger partial charge in [-0.05, 0) is 39.2 Å². The summed E-state index contributed by atoms with van der Waals surface area (Å²) in [5.41, 5.74) is -1.45. The van der Waals surface area contributed by atoms with Crippen LogP contribution in [0, 0.1) is 5.41 Å². The first kappa shape index (κ1) is 19.0. The van der Waals surface area contributed by atoms with Gasteiger partial charge >= 0.3 is 12.1 Å². The minimum absolute atomic E-state index is 0.218. The monoisotopic (exact) mass is 347 g/mol. The van der Waals surface area contributed by atoms with Gasteiger partial charge in [-0.2, -0.15) is 0 Å². The number of ether oxygens (including phenoxy) is 2. The molecule has 6 nitrogen and oxygen atoms in total. The molecule has 0 spiro atoms. The number of nitrogens with one attached hydrogen (secondary N) is 1. The number of alkyl carbamates (subject to hydrolysis) is 1. The highest BCUT2D eigenvalue weighted by Gasteiger charge is 2.56. The third-order valence-electron chi connectivity index (χ3n) is 4.31. The molecule has 0 bridgehead atoms. The van der Waals surface area contributed by atoms with Crippen LogP contribution in [0.3, 0.4) is 0 Å². The lowest BCUT2D eigenvalue weighted by Crippen LogP contribution is -2.50. The first-order valence-corrected chi connectivity index (χ1v) is 8.37. The van der Waals surface area contributed by atoms with E-state index in [1.54, 1.807) is 45.0 Å². The van der Waals surface area contributed by atoms with Gasteiger partial charge < -0.3 is 14.8 Å². The molecule has 0 aliphatic heterocycles. The van der Waals surface area contributed by atoms with Crippen molar-refractivity contribution >= 4 is 17.8 Å². The molecule has 0 saturated heterocycles. The normalized spacial score (nSPS) is 21.5. The Kier molecular flexibility index (Phi) is 5.50. The Morgan fingerprint density at radius 3 is 2.32 bits per heavy atom. The maximum absolute atomic E-state index is 12.7. The van der Waals surface area contributed by atoms with Crippen molar-refractivity contribution in [2.24, 2.45) is 5.41 Å². The molecule has 0 radical (unpaired) electrons. The van der Waals surface area contributed by atoms with Crippen LogP contribution in [0.4, 0.5) is 4.79 Å². The fourth-order valence-electron chi connectivity index (χ4n) is 3.27.